The molecule has 0 heterocycles. The van der Waals surface area contributed by atoms with Gasteiger partial charge < -0.3 is 0 Å². The van der Waals surface area contributed by atoms with Crippen LogP contribution in [0.5, 0.6) is 0 Å². The lowest BCUT2D eigenvalue weighted by Crippen LogP contribution is -1.96. The Labute approximate surface area is 121 Å². The Morgan fingerprint density at radius 3 is 2.05 bits per heavy atom. The lowest BCUT2D eigenvalue weighted by atomic mass is 9.89. The maximum atomic E-state index is 6.37. The smallest absolute Gasteiger partial charge is 0.0484 e. The summed E-state index contributed by atoms with van der Waals surface area (Å²) in [6, 6.07) is 14.9. The number of halogens is 1. The zero-order valence-electron chi connectivity index (χ0n) is 12.1. The highest BCUT2D eigenvalue weighted by atomic mass is 35.5. The van der Waals surface area contributed by atoms with E-state index >= 15 is 0 Å². The summed E-state index contributed by atoms with van der Waals surface area (Å²) in [5.41, 5.74) is 5.12. The van der Waals surface area contributed by atoms with E-state index in [2.05, 4.69) is 52.0 Å². The molecule has 0 aliphatic carbocycles. The van der Waals surface area contributed by atoms with Crippen molar-refractivity contribution >= 4 is 11.6 Å². The van der Waals surface area contributed by atoms with E-state index in [1.165, 1.54) is 16.7 Å². The molecule has 0 aliphatic heterocycles. The predicted octanol–water partition coefficient (Wildman–Crippen LogP) is 6.25. The zero-order chi connectivity index (χ0) is 14.0. The lowest BCUT2D eigenvalue weighted by molar-refractivity contribution is 0.847. The van der Waals surface area contributed by atoms with Crippen LogP contribution >= 0.6 is 11.6 Å². The monoisotopic (exact) mass is 272 g/mol. The Hall–Kier alpha value is -1.27. The number of benzene rings is 2. The highest BCUT2D eigenvalue weighted by Crippen LogP contribution is 2.35. The summed E-state index contributed by atoms with van der Waals surface area (Å²) in [5.74, 6) is 1.02. The Kier molecular flexibility index (Phi) is 4.31. The third-order valence-corrected chi connectivity index (χ3v) is 3.86. The van der Waals surface area contributed by atoms with Crippen LogP contribution < -0.4 is 0 Å². The van der Waals surface area contributed by atoms with E-state index in [9.17, 15) is 0 Å². The summed E-state index contributed by atoms with van der Waals surface area (Å²) < 4.78 is 0. The first-order valence-electron chi connectivity index (χ1n) is 6.89. The normalized spacial score (nSPS) is 11.3. The largest absolute Gasteiger partial charge is 0.0837 e. The van der Waals surface area contributed by atoms with Gasteiger partial charge in [-0.3, -0.25) is 0 Å². The van der Waals surface area contributed by atoms with E-state index in [-0.39, 0.29) is 0 Å². The first-order valence-corrected chi connectivity index (χ1v) is 7.27. The van der Waals surface area contributed by atoms with Gasteiger partial charge in [0.15, 0.2) is 0 Å². The summed E-state index contributed by atoms with van der Waals surface area (Å²) in [6.45, 7) is 8.90. The van der Waals surface area contributed by atoms with Crippen molar-refractivity contribution in [1.29, 1.82) is 0 Å². The van der Waals surface area contributed by atoms with Gasteiger partial charge in [-0.1, -0.05) is 75.7 Å². The van der Waals surface area contributed by atoms with Gasteiger partial charge in [-0.2, -0.15) is 0 Å². The van der Waals surface area contributed by atoms with Crippen molar-refractivity contribution in [3.63, 3.8) is 0 Å². The van der Waals surface area contributed by atoms with Gasteiger partial charge >= 0.3 is 0 Å². The van der Waals surface area contributed by atoms with Crippen LogP contribution in [0.4, 0.5) is 0 Å². The van der Waals surface area contributed by atoms with Crippen molar-refractivity contribution in [2.24, 2.45) is 0 Å². The van der Waals surface area contributed by atoms with E-state index < -0.39 is 0 Å². The summed E-state index contributed by atoms with van der Waals surface area (Å²) in [5, 5.41) is 0.824. The van der Waals surface area contributed by atoms with Gasteiger partial charge in [0.05, 0.1) is 0 Å². The van der Waals surface area contributed by atoms with E-state index in [1.807, 2.05) is 18.2 Å². The van der Waals surface area contributed by atoms with Crippen LogP contribution in [0.3, 0.4) is 0 Å². The molecule has 0 nitrogen and oxygen atoms in total. The number of rotatable bonds is 3. The molecule has 0 atom stereocenters. The van der Waals surface area contributed by atoms with Gasteiger partial charge in [0.2, 0.25) is 0 Å². The van der Waals surface area contributed by atoms with Crippen molar-refractivity contribution < 1.29 is 0 Å². The molecule has 0 aliphatic rings. The second-order valence-electron chi connectivity index (χ2n) is 5.64. The fourth-order valence-corrected chi connectivity index (χ4v) is 2.59. The van der Waals surface area contributed by atoms with Crippen LogP contribution in [-0.4, -0.2) is 0 Å². The zero-order valence-corrected chi connectivity index (χ0v) is 12.8. The molecule has 0 spiro atoms. The molecule has 0 saturated carbocycles. The van der Waals surface area contributed by atoms with Crippen LogP contribution in [0, 0.1) is 0 Å². The standard InChI is InChI=1S/C18H21Cl/c1-12(2)14-9-10-15(13(3)4)17(11-14)16-7-5-6-8-18(16)19/h5-13H,1-4H3. The molecule has 2 rings (SSSR count). The van der Waals surface area contributed by atoms with E-state index in [4.69, 9.17) is 11.6 Å². The van der Waals surface area contributed by atoms with Gasteiger partial charge in [0, 0.05) is 10.6 Å². The van der Waals surface area contributed by atoms with E-state index in [0.717, 1.165) is 10.6 Å². The third-order valence-electron chi connectivity index (χ3n) is 3.53. The van der Waals surface area contributed by atoms with Crippen LogP contribution in [0.15, 0.2) is 42.5 Å². The second kappa shape index (κ2) is 5.79. The molecular formula is C18H21Cl. The van der Waals surface area contributed by atoms with Gasteiger partial charge in [0.1, 0.15) is 0 Å². The van der Waals surface area contributed by atoms with Crippen LogP contribution in [0.1, 0.15) is 50.7 Å². The topological polar surface area (TPSA) is 0 Å². The van der Waals surface area contributed by atoms with Crippen LogP contribution in [-0.2, 0) is 0 Å². The maximum Gasteiger partial charge on any atom is 0.0484 e. The molecule has 2 aromatic rings. The minimum atomic E-state index is 0.493. The molecule has 0 fully saturated rings. The average molecular weight is 273 g/mol. The fraction of sp³-hybridized carbons (Fsp3) is 0.333. The molecule has 0 N–H and O–H groups in total. The minimum Gasteiger partial charge on any atom is -0.0837 e. The molecule has 0 saturated heterocycles. The molecule has 2 aromatic carbocycles. The molecule has 0 bridgehead atoms. The lowest BCUT2D eigenvalue weighted by Gasteiger charge is -2.17. The fourth-order valence-electron chi connectivity index (χ4n) is 2.35. The van der Waals surface area contributed by atoms with Gasteiger partial charge in [-0.15, -0.1) is 0 Å². The molecule has 19 heavy (non-hydrogen) atoms. The Morgan fingerprint density at radius 2 is 1.47 bits per heavy atom. The van der Waals surface area contributed by atoms with Crippen molar-refractivity contribution in [1.82, 2.24) is 0 Å². The highest BCUT2D eigenvalue weighted by Gasteiger charge is 2.13. The molecule has 0 amide bonds. The minimum absolute atomic E-state index is 0.493. The summed E-state index contributed by atoms with van der Waals surface area (Å²) in [7, 11) is 0. The maximum absolute atomic E-state index is 6.37. The van der Waals surface area contributed by atoms with Gasteiger partial charge in [0.25, 0.3) is 0 Å². The summed E-state index contributed by atoms with van der Waals surface area (Å²) in [4.78, 5) is 0. The average Bonchev–Trinajstić information content (AvgIpc) is 2.38. The second-order valence-corrected chi connectivity index (χ2v) is 6.04. The van der Waals surface area contributed by atoms with E-state index in [1.54, 1.807) is 0 Å². The Balaban J connectivity index is 2.65. The summed E-state index contributed by atoms with van der Waals surface area (Å²) in [6.07, 6.45) is 0. The van der Waals surface area contributed by atoms with Crippen molar-refractivity contribution in [3.05, 3.63) is 58.6 Å². The first-order chi connectivity index (χ1) is 9.00. The third kappa shape index (κ3) is 3.01. The molecular weight excluding hydrogens is 252 g/mol. The van der Waals surface area contributed by atoms with Crippen LogP contribution in [0.2, 0.25) is 5.02 Å². The van der Waals surface area contributed by atoms with Crippen molar-refractivity contribution in [3.8, 4) is 11.1 Å². The van der Waals surface area contributed by atoms with Gasteiger partial charge in [-0.05, 0) is 34.6 Å². The number of hydrogen-bond acceptors (Lipinski definition) is 0. The Bertz CT molecular complexity index is 568. The predicted molar refractivity (Wildman–Crippen MR) is 85.1 cm³/mol. The molecule has 100 valence electrons. The molecule has 0 radical (unpaired) electrons. The SMILES string of the molecule is CC(C)c1ccc(C(C)C)c(-c2ccccc2Cl)c1. The molecule has 1 heteroatoms. The highest BCUT2D eigenvalue weighted by molar-refractivity contribution is 6.33. The number of hydrogen-bond donors (Lipinski definition) is 0. The van der Waals surface area contributed by atoms with Crippen molar-refractivity contribution in [2.75, 3.05) is 0 Å². The van der Waals surface area contributed by atoms with Gasteiger partial charge in [-0.25, -0.2) is 0 Å². The quantitative estimate of drug-likeness (QED) is 0.619. The van der Waals surface area contributed by atoms with Crippen LogP contribution in [0.25, 0.3) is 11.1 Å². The van der Waals surface area contributed by atoms with E-state index in [0.29, 0.717) is 11.8 Å². The molecule has 0 unspecified atom stereocenters. The Morgan fingerprint density at radius 1 is 0.789 bits per heavy atom. The molecule has 0 aromatic heterocycles. The summed E-state index contributed by atoms with van der Waals surface area (Å²) >= 11 is 6.37. The van der Waals surface area contributed by atoms with Crippen molar-refractivity contribution in [2.45, 2.75) is 39.5 Å². The first kappa shape index (κ1) is 14.1.